The molecule has 3 nitrogen and oxygen atoms in total. The van der Waals surface area contributed by atoms with Gasteiger partial charge >= 0.3 is 6.18 Å². The SMILES string of the molecule is CCC1(Nc2ccc(C(F)(F)F)cn2)CCCC1N. The molecule has 1 aromatic heterocycles. The Morgan fingerprint density at radius 1 is 1.47 bits per heavy atom. The smallest absolute Gasteiger partial charge is 0.363 e. The third-order valence-corrected chi connectivity index (χ3v) is 3.95. The number of rotatable bonds is 3. The number of alkyl halides is 3. The number of nitrogens with one attached hydrogen (secondary N) is 1. The molecular weight excluding hydrogens is 255 g/mol. The second-order valence-corrected chi connectivity index (χ2v) is 5.06. The number of anilines is 1. The zero-order chi connectivity index (χ0) is 14.1. The highest BCUT2D eigenvalue weighted by molar-refractivity contribution is 5.40. The largest absolute Gasteiger partial charge is 0.417 e. The minimum atomic E-state index is -4.35. The lowest BCUT2D eigenvalue weighted by molar-refractivity contribution is -0.137. The van der Waals surface area contributed by atoms with Crippen molar-refractivity contribution >= 4 is 5.82 Å². The Kier molecular flexibility index (Phi) is 3.71. The van der Waals surface area contributed by atoms with E-state index in [2.05, 4.69) is 10.3 Å². The van der Waals surface area contributed by atoms with Gasteiger partial charge in [0.2, 0.25) is 0 Å². The monoisotopic (exact) mass is 273 g/mol. The van der Waals surface area contributed by atoms with E-state index in [9.17, 15) is 13.2 Å². The molecule has 0 aliphatic heterocycles. The molecule has 0 spiro atoms. The topological polar surface area (TPSA) is 50.9 Å². The number of hydrogen-bond acceptors (Lipinski definition) is 3. The van der Waals surface area contributed by atoms with Gasteiger partial charge < -0.3 is 11.1 Å². The van der Waals surface area contributed by atoms with E-state index in [4.69, 9.17) is 5.73 Å². The number of hydrogen-bond donors (Lipinski definition) is 2. The van der Waals surface area contributed by atoms with E-state index in [1.165, 1.54) is 6.07 Å². The van der Waals surface area contributed by atoms with Gasteiger partial charge in [0.15, 0.2) is 0 Å². The molecule has 1 heterocycles. The number of pyridine rings is 1. The highest BCUT2D eigenvalue weighted by atomic mass is 19.4. The van der Waals surface area contributed by atoms with E-state index in [-0.39, 0.29) is 11.6 Å². The van der Waals surface area contributed by atoms with Gasteiger partial charge in [-0.2, -0.15) is 13.2 Å². The Bertz CT molecular complexity index is 430. The molecule has 1 aromatic rings. The van der Waals surface area contributed by atoms with Crippen molar-refractivity contribution in [3.05, 3.63) is 23.9 Å². The summed E-state index contributed by atoms with van der Waals surface area (Å²) in [4.78, 5) is 3.85. The predicted octanol–water partition coefficient (Wildman–Crippen LogP) is 3.17. The molecular formula is C13H18F3N3. The standard InChI is InChI=1S/C13H18F3N3/c1-2-12(7-3-4-10(12)17)19-11-6-5-9(8-18-11)13(14,15)16/h5-6,8,10H,2-4,7,17H2,1H3,(H,18,19). The highest BCUT2D eigenvalue weighted by Crippen LogP contribution is 2.35. The van der Waals surface area contributed by atoms with E-state index >= 15 is 0 Å². The van der Waals surface area contributed by atoms with Crippen LogP contribution in [0.5, 0.6) is 0 Å². The van der Waals surface area contributed by atoms with E-state index in [1.54, 1.807) is 0 Å². The Labute approximate surface area is 110 Å². The average molecular weight is 273 g/mol. The van der Waals surface area contributed by atoms with Crippen LogP contribution in [0.1, 0.15) is 38.2 Å². The van der Waals surface area contributed by atoms with Crippen LogP contribution in [0.2, 0.25) is 0 Å². The Morgan fingerprint density at radius 2 is 2.21 bits per heavy atom. The normalized spacial score (nSPS) is 27.5. The zero-order valence-electron chi connectivity index (χ0n) is 10.8. The first kappa shape index (κ1) is 14.1. The summed E-state index contributed by atoms with van der Waals surface area (Å²) in [6, 6.07) is 2.42. The molecule has 19 heavy (non-hydrogen) atoms. The van der Waals surface area contributed by atoms with E-state index < -0.39 is 11.7 Å². The second-order valence-electron chi connectivity index (χ2n) is 5.06. The maximum atomic E-state index is 12.4. The lowest BCUT2D eigenvalue weighted by atomic mass is 9.90. The molecule has 2 unspecified atom stereocenters. The van der Waals surface area contributed by atoms with Gasteiger partial charge in [0.1, 0.15) is 5.82 Å². The van der Waals surface area contributed by atoms with Crippen LogP contribution in [-0.2, 0) is 6.18 Å². The van der Waals surface area contributed by atoms with Crippen molar-refractivity contribution in [2.24, 2.45) is 5.73 Å². The van der Waals surface area contributed by atoms with Crippen LogP contribution >= 0.6 is 0 Å². The van der Waals surface area contributed by atoms with Crippen LogP contribution < -0.4 is 11.1 Å². The molecule has 0 amide bonds. The molecule has 1 aliphatic carbocycles. The fraction of sp³-hybridized carbons (Fsp3) is 0.615. The summed E-state index contributed by atoms with van der Waals surface area (Å²) in [6.45, 7) is 2.03. The van der Waals surface area contributed by atoms with Crippen molar-refractivity contribution in [2.75, 3.05) is 5.32 Å². The maximum absolute atomic E-state index is 12.4. The zero-order valence-corrected chi connectivity index (χ0v) is 10.8. The second kappa shape index (κ2) is 5.00. The predicted molar refractivity (Wildman–Crippen MR) is 67.7 cm³/mol. The molecule has 0 radical (unpaired) electrons. The maximum Gasteiger partial charge on any atom is 0.417 e. The molecule has 3 N–H and O–H groups in total. The minimum absolute atomic E-state index is 0.0154. The van der Waals surface area contributed by atoms with Crippen LogP contribution in [0.15, 0.2) is 18.3 Å². The Morgan fingerprint density at radius 3 is 2.63 bits per heavy atom. The summed E-state index contributed by atoms with van der Waals surface area (Å²) >= 11 is 0. The summed E-state index contributed by atoms with van der Waals surface area (Å²) in [7, 11) is 0. The van der Waals surface area contributed by atoms with Crippen molar-refractivity contribution in [3.8, 4) is 0 Å². The van der Waals surface area contributed by atoms with Gasteiger partial charge in [-0.1, -0.05) is 6.92 Å². The average Bonchev–Trinajstić information content (AvgIpc) is 2.71. The van der Waals surface area contributed by atoms with Crippen molar-refractivity contribution in [2.45, 2.75) is 50.4 Å². The van der Waals surface area contributed by atoms with Crippen molar-refractivity contribution in [1.82, 2.24) is 4.98 Å². The lowest BCUT2D eigenvalue weighted by Crippen LogP contribution is -2.49. The molecule has 1 fully saturated rings. The van der Waals surface area contributed by atoms with Crippen molar-refractivity contribution in [1.29, 1.82) is 0 Å². The fourth-order valence-electron chi connectivity index (χ4n) is 2.67. The molecule has 0 aromatic carbocycles. The summed E-state index contributed by atoms with van der Waals surface area (Å²) in [5, 5.41) is 3.23. The highest BCUT2D eigenvalue weighted by Gasteiger charge is 2.39. The molecule has 1 saturated carbocycles. The lowest BCUT2D eigenvalue weighted by Gasteiger charge is -2.34. The van der Waals surface area contributed by atoms with Crippen molar-refractivity contribution < 1.29 is 13.2 Å². The summed E-state index contributed by atoms with van der Waals surface area (Å²) < 4.78 is 37.3. The van der Waals surface area contributed by atoms with Gasteiger partial charge in [-0.15, -0.1) is 0 Å². The number of nitrogens with two attached hydrogens (primary N) is 1. The number of nitrogens with zero attached hydrogens (tertiary/aromatic N) is 1. The first-order valence-electron chi connectivity index (χ1n) is 6.44. The van der Waals surface area contributed by atoms with Gasteiger partial charge in [0, 0.05) is 12.2 Å². The number of aromatic nitrogens is 1. The third-order valence-electron chi connectivity index (χ3n) is 3.95. The van der Waals surface area contributed by atoms with E-state index in [0.29, 0.717) is 5.82 Å². The Balaban J connectivity index is 2.15. The first-order valence-corrected chi connectivity index (χ1v) is 6.44. The number of halogens is 3. The molecule has 1 aliphatic rings. The third kappa shape index (κ3) is 2.83. The van der Waals surface area contributed by atoms with Gasteiger partial charge in [-0.3, -0.25) is 0 Å². The summed E-state index contributed by atoms with van der Waals surface area (Å²) in [5.41, 5.74) is 5.12. The Hall–Kier alpha value is -1.30. The quantitative estimate of drug-likeness (QED) is 0.889. The molecule has 0 bridgehead atoms. The van der Waals surface area contributed by atoms with Gasteiger partial charge in [0.05, 0.1) is 11.1 Å². The van der Waals surface area contributed by atoms with Gasteiger partial charge in [-0.05, 0) is 37.8 Å². The van der Waals surface area contributed by atoms with E-state index in [1.807, 2.05) is 6.92 Å². The molecule has 0 saturated heterocycles. The van der Waals surface area contributed by atoms with Crippen LogP contribution in [-0.4, -0.2) is 16.6 Å². The first-order chi connectivity index (χ1) is 8.87. The fourth-order valence-corrected chi connectivity index (χ4v) is 2.67. The summed E-state index contributed by atoms with van der Waals surface area (Å²) in [6.07, 6.45) is 0.220. The minimum Gasteiger partial charge on any atom is -0.363 e. The van der Waals surface area contributed by atoms with Crippen LogP contribution in [0.25, 0.3) is 0 Å². The summed E-state index contributed by atoms with van der Waals surface area (Å²) in [5.74, 6) is 0.451. The molecule has 106 valence electrons. The van der Waals surface area contributed by atoms with Crippen molar-refractivity contribution in [3.63, 3.8) is 0 Å². The van der Waals surface area contributed by atoms with Crippen LogP contribution in [0.3, 0.4) is 0 Å². The van der Waals surface area contributed by atoms with Gasteiger partial charge in [-0.25, -0.2) is 4.98 Å². The molecule has 2 atom stereocenters. The molecule has 6 heteroatoms. The van der Waals surface area contributed by atoms with Crippen LogP contribution in [0, 0.1) is 0 Å². The van der Waals surface area contributed by atoms with Gasteiger partial charge in [0.25, 0.3) is 0 Å². The van der Waals surface area contributed by atoms with E-state index in [0.717, 1.165) is 37.9 Å². The van der Waals surface area contributed by atoms with Crippen LogP contribution in [0.4, 0.5) is 19.0 Å². The molecule has 2 rings (SSSR count).